The number of halogens is 5. The van der Waals surface area contributed by atoms with Crippen molar-refractivity contribution in [1.82, 2.24) is 24.7 Å². The molecule has 0 spiro atoms. The van der Waals surface area contributed by atoms with Crippen LogP contribution in [0.4, 0.5) is 22.0 Å². The minimum atomic E-state index is -4.70. The van der Waals surface area contributed by atoms with Gasteiger partial charge < -0.3 is 24.1 Å². The van der Waals surface area contributed by atoms with Crippen LogP contribution in [0.1, 0.15) is 30.5 Å². The standard InChI is InChI=1S/C34H32F5N5O6/c1-2-11-49-22-7-8-23(25(17-22)34(37,38)39)27-9-6-21(18-40-27)31(33(46)50-16-15-48-14-13-47-12-10-45)44-20-29-28(19-41-44)42-32(43-29)24-4-3-5-26(35)30(24)36/h3-9,17-20,31,45H,2,10-16H2,1H3. The lowest BCUT2D eigenvalue weighted by molar-refractivity contribution is -0.148. The van der Waals surface area contributed by atoms with E-state index in [4.69, 9.17) is 24.1 Å². The molecule has 3 aromatic rings. The molecule has 3 heterocycles. The van der Waals surface area contributed by atoms with Gasteiger partial charge in [0, 0.05) is 17.3 Å². The lowest BCUT2D eigenvalue weighted by Crippen LogP contribution is -2.26. The summed E-state index contributed by atoms with van der Waals surface area (Å²) < 4.78 is 93.1. The molecule has 0 saturated heterocycles. The van der Waals surface area contributed by atoms with Gasteiger partial charge in [0.2, 0.25) is 0 Å². The molecule has 0 fully saturated rings. The van der Waals surface area contributed by atoms with Crippen LogP contribution in [-0.2, 0) is 25.2 Å². The first-order valence-electron chi connectivity index (χ1n) is 15.5. The van der Waals surface area contributed by atoms with Crippen LogP contribution < -0.4 is 4.74 Å². The first-order chi connectivity index (χ1) is 24.1. The summed E-state index contributed by atoms with van der Waals surface area (Å²) in [5, 5.41) is 13.1. The van der Waals surface area contributed by atoms with Gasteiger partial charge in [0.05, 0.1) is 68.9 Å². The molecule has 0 amide bonds. The predicted octanol–water partition coefficient (Wildman–Crippen LogP) is 5.75. The number of aliphatic hydroxyl groups is 1. The van der Waals surface area contributed by atoms with Crippen molar-refractivity contribution in [3.05, 3.63) is 89.9 Å². The maximum Gasteiger partial charge on any atom is 0.417 e. The number of aromatic nitrogens is 5. The number of benzene rings is 2. The fourth-order valence-electron chi connectivity index (χ4n) is 4.86. The molecule has 1 N–H and O–H groups in total. The van der Waals surface area contributed by atoms with Crippen molar-refractivity contribution in [1.29, 1.82) is 0 Å². The maximum absolute atomic E-state index is 14.5. The van der Waals surface area contributed by atoms with Gasteiger partial charge in [0.15, 0.2) is 23.5 Å². The Balaban J connectivity index is 1.45. The number of fused-ring (bicyclic) bond motifs is 1. The molecule has 16 heteroatoms. The molecule has 2 aromatic carbocycles. The number of imidazole rings is 1. The van der Waals surface area contributed by atoms with Gasteiger partial charge in [-0.1, -0.05) is 19.1 Å². The van der Waals surface area contributed by atoms with Crippen molar-refractivity contribution >= 4 is 5.97 Å². The van der Waals surface area contributed by atoms with Crippen LogP contribution in [0.25, 0.3) is 34.0 Å². The molecular formula is C34H32F5N5O6. The summed E-state index contributed by atoms with van der Waals surface area (Å²) in [7, 11) is 0. The summed E-state index contributed by atoms with van der Waals surface area (Å²) in [5.74, 6) is -3.04. The first kappa shape index (κ1) is 36.2. The van der Waals surface area contributed by atoms with Crippen molar-refractivity contribution < 1.29 is 50.8 Å². The molecule has 5 rings (SSSR count). The minimum absolute atomic E-state index is 0.0101. The van der Waals surface area contributed by atoms with E-state index in [1.54, 1.807) is 0 Å². The fourth-order valence-corrected chi connectivity index (χ4v) is 4.86. The summed E-state index contributed by atoms with van der Waals surface area (Å²) in [6.45, 7) is 2.39. The third-order valence-electron chi connectivity index (χ3n) is 7.19. The van der Waals surface area contributed by atoms with E-state index in [1.807, 2.05) is 6.92 Å². The predicted molar refractivity (Wildman–Crippen MR) is 168 cm³/mol. The number of alkyl halides is 3. The molecular weight excluding hydrogens is 669 g/mol. The van der Waals surface area contributed by atoms with Crippen LogP contribution in [0.15, 0.2) is 67.1 Å². The number of rotatable bonds is 16. The van der Waals surface area contributed by atoms with Gasteiger partial charge in [-0.25, -0.2) is 23.5 Å². The highest BCUT2D eigenvalue weighted by Crippen LogP contribution is 2.39. The SMILES string of the molecule is CCCOc1ccc(-c2ccc(C(C(=O)OCCOCCOCCO)n3cc4nc(-c5cccc(F)c5F)nc-4cn3)cn2)c(C(F)(F)F)c1. The van der Waals surface area contributed by atoms with Crippen LogP contribution in [0.3, 0.4) is 0 Å². The molecule has 2 aliphatic rings. The van der Waals surface area contributed by atoms with Gasteiger partial charge in [-0.2, -0.15) is 18.3 Å². The summed E-state index contributed by atoms with van der Waals surface area (Å²) in [6, 6.07) is 8.68. The zero-order chi connectivity index (χ0) is 35.7. The van der Waals surface area contributed by atoms with E-state index in [1.165, 1.54) is 59.7 Å². The maximum atomic E-state index is 14.5. The molecule has 0 saturated carbocycles. The van der Waals surface area contributed by atoms with Gasteiger partial charge in [-0.05, 0) is 42.8 Å². The molecule has 1 aromatic heterocycles. The number of esters is 1. The highest BCUT2D eigenvalue weighted by atomic mass is 19.4. The van der Waals surface area contributed by atoms with E-state index >= 15 is 0 Å². The number of hydrogen-bond acceptors (Lipinski definition) is 10. The Morgan fingerprint density at radius 3 is 2.36 bits per heavy atom. The van der Waals surface area contributed by atoms with E-state index in [0.29, 0.717) is 6.42 Å². The smallest absolute Gasteiger partial charge is 0.417 e. The number of pyridine rings is 1. The number of nitrogens with zero attached hydrogens (tertiary/aromatic N) is 5. The van der Waals surface area contributed by atoms with Gasteiger partial charge in [-0.3, -0.25) is 9.67 Å². The zero-order valence-corrected chi connectivity index (χ0v) is 26.7. The molecule has 264 valence electrons. The monoisotopic (exact) mass is 701 g/mol. The topological polar surface area (TPSA) is 131 Å². The second-order valence-electron chi connectivity index (χ2n) is 10.7. The number of aliphatic hydroxyl groups excluding tert-OH is 1. The van der Waals surface area contributed by atoms with E-state index < -0.39 is 35.4 Å². The van der Waals surface area contributed by atoms with Gasteiger partial charge in [0.25, 0.3) is 0 Å². The Morgan fingerprint density at radius 1 is 0.880 bits per heavy atom. The number of carbonyl (C=O) groups excluding carboxylic acids is 1. The van der Waals surface area contributed by atoms with Crippen LogP contribution in [0.2, 0.25) is 0 Å². The van der Waals surface area contributed by atoms with Crippen molar-refractivity contribution in [2.45, 2.75) is 25.6 Å². The van der Waals surface area contributed by atoms with Gasteiger partial charge in [-0.15, -0.1) is 0 Å². The van der Waals surface area contributed by atoms with Crippen molar-refractivity contribution in [2.24, 2.45) is 0 Å². The second kappa shape index (κ2) is 16.6. The summed E-state index contributed by atoms with van der Waals surface area (Å²) in [5.41, 5.74) is -0.691. The lowest BCUT2D eigenvalue weighted by atomic mass is 10.0. The highest BCUT2D eigenvalue weighted by Gasteiger charge is 2.35. The van der Waals surface area contributed by atoms with Gasteiger partial charge in [0.1, 0.15) is 23.7 Å². The van der Waals surface area contributed by atoms with Crippen LogP contribution in [0.5, 0.6) is 5.75 Å². The molecule has 0 aliphatic carbocycles. The lowest BCUT2D eigenvalue weighted by Gasteiger charge is -2.20. The number of ether oxygens (including phenoxy) is 4. The Bertz CT molecular complexity index is 1850. The largest absolute Gasteiger partial charge is 0.494 e. The van der Waals surface area contributed by atoms with Crippen molar-refractivity contribution in [3.8, 4) is 39.8 Å². The van der Waals surface area contributed by atoms with E-state index in [0.717, 1.165) is 12.1 Å². The van der Waals surface area contributed by atoms with Crippen LogP contribution in [-0.4, -0.2) is 82.1 Å². The highest BCUT2D eigenvalue weighted by molar-refractivity contribution is 5.78. The molecule has 1 unspecified atom stereocenters. The second-order valence-corrected chi connectivity index (χ2v) is 10.7. The Morgan fingerprint density at radius 2 is 1.64 bits per heavy atom. The molecule has 1 atom stereocenters. The Labute approximate surface area is 283 Å². The third-order valence-corrected chi connectivity index (χ3v) is 7.19. The Hall–Kier alpha value is -5.06. The average Bonchev–Trinajstić information content (AvgIpc) is 3.53. The van der Waals surface area contributed by atoms with E-state index in [9.17, 15) is 26.7 Å². The van der Waals surface area contributed by atoms with Crippen molar-refractivity contribution in [2.75, 3.05) is 46.2 Å². The van der Waals surface area contributed by atoms with E-state index in [-0.39, 0.29) is 91.6 Å². The summed E-state index contributed by atoms with van der Waals surface area (Å²) >= 11 is 0. The third kappa shape index (κ3) is 8.74. The average molecular weight is 702 g/mol. The first-order valence-corrected chi connectivity index (χ1v) is 15.5. The molecule has 0 radical (unpaired) electrons. The molecule has 50 heavy (non-hydrogen) atoms. The van der Waals surface area contributed by atoms with Crippen LogP contribution >= 0.6 is 0 Å². The summed E-state index contributed by atoms with van der Waals surface area (Å²) in [4.78, 5) is 26.3. The Kier molecular flexibility index (Phi) is 12.0. The number of hydrogen-bond donors (Lipinski definition) is 1. The quantitative estimate of drug-likeness (QED) is 0.0771. The van der Waals surface area contributed by atoms with Crippen molar-refractivity contribution in [3.63, 3.8) is 0 Å². The minimum Gasteiger partial charge on any atom is -0.494 e. The summed E-state index contributed by atoms with van der Waals surface area (Å²) in [6.07, 6.45) is -0.216. The molecule has 0 bridgehead atoms. The number of carbonyl (C=O) groups is 1. The fraction of sp³-hybridized carbons (Fsp3) is 0.324. The van der Waals surface area contributed by atoms with Gasteiger partial charge >= 0.3 is 12.1 Å². The van der Waals surface area contributed by atoms with Crippen LogP contribution in [0, 0.1) is 11.6 Å². The molecule has 11 nitrogen and oxygen atoms in total. The normalized spacial score (nSPS) is 12.3. The van der Waals surface area contributed by atoms with E-state index in [2.05, 4.69) is 20.1 Å². The zero-order valence-electron chi connectivity index (χ0n) is 26.7. The molecule has 2 aliphatic heterocycles.